The molecule has 0 heterocycles. The van der Waals surface area contributed by atoms with Gasteiger partial charge in [0.2, 0.25) is 0 Å². The molecule has 0 saturated heterocycles. The number of carbonyl (C=O) groups excluding carboxylic acids is 1. The van der Waals surface area contributed by atoms with Crippen LogP contribution >= 0.6 is 27.5 Å². The number of nitrogens with one attached hydrogen (secondary N) is 1. The topological polar surface area (TPSA) is 55.1 Å². The van der Waals surface area contributed by atoms with Crippen molar-refractivity contribution in [2.75, 3.05) is 13.1 Å². The zero-order chi connectivity index (χ0) is 12.1. The third-order valence-corrected chi connectivity index (χ3v) is 3.01. The van der Waals surface area contributed by atoms with Gasteiger partial charge in [-0.25, -0.2) is 0 Å². The second-order valence-electron chi connectivity index (χ2n) is 3.68. The molecule has 1 atom stereocenters. The van der Waals surface area contributed by atoms with E-state index in [1.165, 1.54) is 0 Å². The molecule has 0 aromatic heterocycles. The molecule has 0 fully saturated rings. The average Bonchev–Trinajstić information content (AvgIpc) is 2.28. The summed E-state index contributed by atoms with van der Waals surface area (Å²) in [5, 5.41) is 3.24. The summed E-state index contributed by atoms with van der Waals surface area (Å²) in [4.78, 5) is 11.8. The summed E-state index contributed by atoms with van der Waals surface area (Å²) in [6.07, 6.45) is 0. The van der Waals surface area contributed by atoms with Crippen LogP contribution in [0, 0.1) is 5.92 Å². The van der Waals surface area contributed by atoms with Crippen molar-refractivity contribution in [3.63, 3.8) is 0 Å². The highest BCUT2D eigenvalue weighted by atomic mass is 79.9. The molecule has 0 aliphatic rings. The van der Waals surface area contributed by atoms with Crippen molar-refractivity contribution in [1.29, 1.82) is 0 Å². The number of halogens is 2. The van der Waals surface area contributed by atoms with Crippen LogP contribution in [0.15, 0.2) is 22.7 Å². The molecule has 1 aromatic carbocycles. The Morgan fingerprint density at radius 2 is 2.31 bits per heavy atom. The molecule has 1 amide bonds. The van der Waals surface area contributed by atoms with E-state index < -0.39 is 0 Å². The summed E-state index contributed by atoms with van der Waals surface area (Å²) in [6.45, 7) is 3.08. The van der Waals surface area contributed by atoms with Gasteiger partial charge in [0.1, 0.15) is 0 Å². The van der Waals surface area contributed by atoms with Crippen LogP contribution in [-0.2, 0) is 0 Å². The van der Waals surface area contributed by atoms with Crippen LogP contribution in [0.5, 0.6) is 0 Å². The van der Waals surface area contributed by atoms with Crippen molar-refractivity contribution in [3.05, 3.63) is 33.3 Å². The molecule has 1 unspecified atom stereocenters. The molecule has 0 spiro atoms. The minimum Gasteiger partial charge on any atom is -0.352 e. The molecule has 3 nitrogen and oxygen atoms in total. The first-order chi connectivity index (χ1) is 7.54. The number of nitrogens with two attached hydrogens (primary N) is 1. The lowest BCUT2D eigenvalue weighted by Crippen LogP contribution is -2.31. The molecule has 3 N–H and O–H groups in total. The maximum absolute atomic E-state index is 11.8. The van der Waals surface area contributed by atoms with Gasteiger partial charge in [0.25, 0.3) is 5.91 Å². The largest absolute Gasteiger partial charge is 0.352 e. The fourth-order valence-electron chi connectivity index (χ4n) is 1.12. The molecule has 88 valence electrons. The molecule has 1 aromatic rings. The molecular weight excluding hydrogens is 291 g/mol. The van der Waals surface area contributed by atoms with Gasteiger partial charge in [-0.3, -0.25) is 4.79 Å². The molecule has 0 saturated carbocycles. The molecule has 5 heteroatoms. The van der Waals surface area contributed by atoms with Crippen molar-refractivity contribution in [3.8, 4) is 0 Å². The lowest BCUT2D eigenvalue weighted by atomic mass is 10.1. The van der Waals surface area contributed by atoms with Crippen LogP contribution in [-0.4, -0.2) is 19.0 Å². The van der Waals surface area contributed by atoms with Gasteiger partial charge in [0, 0.05) is 11.0 Å². The van der Waals surface area contributed by atoms with E-state index in [0.717, 1.165) is 4.47 Å². The highest BCUT2D eigenvalue weighted by Crippen LogP contribution is 2.20. The summed E-state index contributed by atoms with van der Waals surface area (Å²) in [6, 6.07) is 5.18. The van der Waals surface area contributed by atoms with E-state index >= 15 is 0 Å². The Labute approximate surface area is 108 Å². The van der Waals surface area contributed by atoms with Crippen LogP contribution in [0.1, 0.15) is 17.3 Å². The Morgan fingerprint density at radius 3 is 2.94 bits per heavy atom. The summed E-state index contributed by atoms with van der Waals surface area (Å²) < 4.78 is 0.828. The van der Waals surface area contributed by atoms with Crippen molar-refractivity contribution in [2.45, 2.75) is 6.92 Å². The maximum atomic E-state index is 11.8. The standard InChI is InChI=1S/C11H14BrClN2O/c1-7(5-14)6-15-11(16)9-4-8(12)2-3-10(9)13/h2-4,7H,5-6,14H2,1H3,(H,15,16). The minimum absolute atomic E-state index is 0.174. The number of hydrogen-bond donors (Lipinski definition) is 2. The van der Waals surface area contributed by atoms with Gasteiger partial charge < -0.3 is 11.1 Å². The van der Waals surface area contributed by atoms with Crippen LogP contribution in [0.4, 0.5) is 0 Å². The van der Waals surface area contributed by atoms with Gasteiger partial charge in [-0.1, -0.05) is 34.5 Å². The highest BCUT2D eigenvalue weighted by molar-refractivity contribution is 9.10. The van der Waals surface area contributed by atoms with Crippen molar-refractivity contribution in [1.82, 2.24) is 5.32 Å². The number of carbonyl (C=O) groups is 1. The first kappa shape index (κ1) is 13.5. The van der Waals surface area contributed by atoms with Crippen LogP contribution < -0.4 is 11.1 Å². The van der Waals surface area contributed by atoms with E-state index in [-0.39, 0.29) is 11.8 Å². The summed E-state index contributed by atoms with van der Waals surface area (Å²) in [5.74, 6) is 0.0847. The van der Waals surface area contributed by atoms with Gasteiger partial charge in [0.05, 0.1) is 10.6 Å². The third-order valence-electron chi connectivity index (χ3n) is 2.19. The number of hydrogen-bond acceptors (Lipinski definition) is 2. The molecule has 0 radical (unpaired) electrons. The van der Waals surface area contributed by atoms with E-state index in [4.69, 9.17) is 17.3 Å². The molecular formula is C11H14BrClN2O. The van der Waals surface area contributed by atoms with E-state index in [9.17, 15) is 4.79 Å². The quantitative estimate of drug-likeness (QED) is 0.897. The molecule has 1 rings (SSSR count). The van der Waals surface area contributed by atoms with E-state index in [2.05, 4.69) is 21.2 Å². The third kappa shape index (κ3) is 3.77. The van der Waals surface area contributed by atoms with Gasteiger partial charge in [-0.05, 0) is 30.7 Å². The zero-order valence-corrected chi connectivity index (χ0v) is 11.3. The van der Waals surface area contributed by atoms with Crippen molar-refractivity contribution >= 4 is 33.4 Å². The highest BCUT2D eigenvalue weighted by Gasteiger charge is 2.11. The first-order valence-corrected chi connectivity index (χ1v) is 6.15. The zero-order valence-electron chi connectivity index (χ0n) is 8.97. The Balaban J connectivity index is 2.69. The Bertz CT molecular complexity index is 384. The predicted octanol–water partition coefficient (Wildman–Crippen LogP) is 2.43. The molecule has 0 aliphatic heterocycles. The Kier molecular flexibility index (Phi) is 5.25. The Morgan fingerprint density at radius 1 is 1.62 bits per heavy atom. The lowest BCUT2D eigenvalue weighted by molar-refractivity contribution is 0.0948. The minimum atomic E-state index is -0.174. The van der Waals surface area contributed by atoms with Gasteiger partial charge in [-0.2, -0.15) is 0 Å². The summed E-state index contributed by atoms with van der Waals surface area (Å²) in [7, 11) is 0. The van der Waals surface area contributed by atoms with E-state index in [0.29, 0.717) is 23.7 Å². The van der Waals surface area contributed by atoms with Crippen LogP contribution in [0.3, 0.4) is 0 Å². The van der Waals surface area contributed by atoms with Crippen LogP contribution in [0.2, 0.25) is 5.02 Å². The normalized spacial score (nSPS) is 12.2. The second-order valence-corrected chi connectivity index (χ2v) is 5.00. The number of rotatable bonds is 4. The molecule has 0 aliphatic carbocycles. The van der Waals surface area contributed by atoms with Gasteiger partial charge >= 0.3 is 0 Å². The summed E-state index contributed by atoms with van der Waals surface area (Å²) >= 11 is 9.23. The number of amides is 1. The SMILES string of the molecule is CC(CN)CNC(=O)c1cc(Br)ccc1Cl. The van der Waals surface area contributed by atoms with E-state index in [1.54, 1.807) is 18.2 Å². The maximum Gasteiger partial charge on any atom is 0.252 e. The van der Waals surface area contributed by atoms with Crippen molar-refractivity contribution in [2.24, 2.45) is 11.7 Å². The molecule has 0 bridgehead atoms. The fourth-order valence-corrected chi connectivity index (χ4v) is 1.68. The summed E-state index contributed by atoms with van der Waals surface area (Å²) in [5.41, 5.74) is 5.94. The van der Waals surface area contributed by atoms with Crippen LogP contribution in [0.25, 0.3) is 0 Å². The van der Waals surface area contributed by atoms with Gasteiger partial charge in [0.15, 0.2) is 0 Å². The monoisotopic (exact) mass is 304 g/mol. The van der Waals surface area contributed by atoms with E-state index in [1.807, 2.05) is 6.92 Å². The smallest absolute Gasteiger partial charge is 0.252 e. The first-order valence-electron chi connectivity index (χ1n) is 4.98. The Hall–Kier alpha value is -0.580. The number of benzene rings is 1. The van der Waals surface area contributed by atoms with Gasteiger partial charge in [-0.15, -0.1) is 0 Å². The van der Waals surface area contributed by atoms with Crippen molar-refractivity contribution < 1.29 is 4.79 Å². The molecule has 16 heavy (non-hydrogen) atoms. The predicted molar refractivity (Wildman–Crippen MR) is 69.7 cm³/mol. The second kappa shape index (κ2) is 6.23. The fraction of sp³-hybridized carbons (Fsp3) is 0.364. The average molecular weight is 306 g/mol. The lowest BCUT2D eigenvalue weighted by Gasteiger charge is -2.11.